The average molecular weight is 433 g/mol. The van der Waals surface area contributed by atoms with Crippen molar-refractivity contribution in [1.29, 1.82) is 0 Å². The molecule has 2 aromatic rings. The molecular weight excluding hydrogens is 404 g/mol. The third-order valence-corrected chi connectivity index (χ3v) is 7.00. The molecule has 0 radical (unpaired) electrons. The Morgan fingerprint density at radius 2 is 1.80 bits per heavy atom. The Morgan fingerprint density at radius 3 is 2.43 bits per heavy atom. The Labute approximate surface area is 178 Å². The lowest BCUT2D eigenvalue weighted by Gasteiger charge is -2.30. The monoisotopic (exact) mass is 432 g/mol. The maximum absolute atomic E-state index is 12.9. The maximum atomic E-state index is 12.9. The normalized spacial score (nSPS) is 19.1. The van der Waals surface area contributed by atoms with Crippen LogP contribution in [0.4, 0.5) is 0 Å². The molecule has 1 unspecified atom stereocenters. The van der Waals surface area contributed by atoms with Crippen LogP contribution in [0.2, 0.25) is 0 Å². The quantitative estimate of drug-likeness (QED) is 0.657. The number of carbonyl (C=O) groups excluding carboxylic acids is 1. The molecular formula is C22H28N2O5S. The van der Waals surface area contributed by atoms with Gasteiger partial charge in [-0.15, -0.1) is 0 Å². The number of hydrogen-bond acceptors (Lipinski definition) is 5. The van der Waals surface area contributed by atoms with Crippen molar-refractivity contribution in [2.45, 2.75) is 29.7 Å². The topological polar surface area (TPSA) is 84.9 Å². The van der Waals surface area contributed by atoms with Crippen LogP contribution in [-0.4, -0.2) is 58.7 Å². The fourth-order valence-electron chi connectivity index (χ4n) is 3.69. The van der Waals surface area contributed by atoms with E-state index in [1.165, 1.54) is 0 Å². The minimum Gasteiger partial charge on any atom is -0.497 e. The van der Waals surface area contributed by atoms with Gasteiger partial charge in [-0.2, -0.15) is 0 Å². The Kier molecular flexibility index (Phi) is 7.12. The number of nitrogens with zero attached hydrogens (tertiary/aromatic N) is 1. The average Bonchev–Trinajstić information content (AvgIpc) is 3.17. The fourth-order valence-corrected chi connectivity index (χ4v) is 5.17. The standard InChI is InChI=1S/C22H28N2O5S/c1-28-15-13-22(23-30(26,27)20-6-4-3-5-7-20)12-14-24(17-22)21(25)16-18-8-10-19(29-2)11-9-18/h3-11,23H,12-17H2,1-2H3. The van der Waals surface area contributed by atoms with E-state index in [1.54, 1.807) is 49.5 Å². The van der Waals surface area contributed by atoms with Crippen molar-refractivity contribution in [1.82, 2.24) is 9.62 Å². The minimum atomic E-state index is -3.71. The Hall–Kier alpha value is -2.42. The first-order valence-electron chi connectivity index (χ1n) is 9.86. The van der Waals surface area contributed by atoms with E-state index >= 15 is 0 Å². The molecule has 1 fully saturated rings. The molecule has 8 heteroatoms. The molecule has 0 saturated carbocycles. The van der Waals surface area contributed by atoms with Crippen molar-refractivity contribution in [3.63, 3.8) is 0 Å². The van der Waals surface area contributed by atoms with Gasteiger partial charge in [0.25, 0.3) is 0 Å². The molecule has 30 heavy (non-hydrogen) atoms. The van der Waals surface area contributed by atoms with Crippen LogP contribution in [-0.2, 0) is 26.0 Å². The van der Waals surface area contributed by atoms with Crippen molar-refractivity contribution in [3.8, 4) is 5.75 Å². The summed E-state index contributed by atoms with van der Waals surface area (Å²) >= 11 is 0. The van der Waals surface area contributed by atoms with E-state index in [9.17, 15) is 13.2 Å². The molecule has 0 aliphatic carbocycles. The molecule has 2 aromatic carbocycles. The van der Waals surface area contributed by atoms with Crippen molar-refractivity contribution in [2.75, 3.05) is 33.9 Å². The van der Waals surface area contributed by atoms with Crippen molar-refractivity contribution >= 4 is 15.9 Å². The van der Waals surface area contributed by atoms with E-state index in [4.69, 9.17) is 9.47 Å². The van der Waals surface area contributed by atoms with E-state index in [-0.39, 0.29) is 17.2 Å². The summed E-state index contributed by atoms with van der Waals surface area (Å²) in [4.78, 5) is 14.8. The highest BCUT2D eigenvalue weighted by Gasteiger charge is 2.42. The molecule has 0 bridgehead atoms. The molecule has 1 aliphatic heterocycles. The minimum absolute atomic E-state index is 0.0293. The zero-order valence-corrected chi connectivity index (χ0v) is 18.2. The number of benzene rings is 2. The maximum Gasteiger partial charge on any atom is 0.241 e. The van der Waals surface area contributed by atoms with Gasteiger partial charge in [-0.25, -0.2) is 13.1 Å². The summed E-state index contributed by atoms with van der Waals surface area (Å²) < 4.78 is 39.1. The molecule has 1 heterocycles. The van der Waals surface area contributed by atoms with E-state index in [0.717, 1.165) is 11.3 Å². The van der Waals surface area contributed by atoms with Crippen LogP contribution in [0.1, 0.15) is 18.4 Å². The molecule has 0 aromatic heterocycles. The second-order valence-electron chi connectivity index (χ2n) is 7.53. The molecule has 162 valence electrons. The van der Waals surface area contributed by atoms with Crippen LogP contribution in [0.5, 0.6) is 5.75 Å². The van der Waals surface area contributed by atoms with Crippen LogP contribution < -0.4 is 9.46 Å². The van der Waals surface area contributed by atoms with E-state index in [1.807, 2.05) is 24.3 Å². The molecule has 1 atom stereocenters. The van der Waals surface area contributed by atoms with Crippen LogP contribution in [0.3, 0.4) is 0 Å². The molecule has 7 nitrogen and oxygen atoms in total. The number of nitrogens with one attached hydrogen (secondary N) is 1. The number of sulfonamides is 1. The zero-order valence-electron chi connectivity index (χ0n) is 17.3. The Morgan fingerprint density at radius 1 is 1.10 bits per heavy atom. The molecule has 1 aliphatic rings. The SMILES string of the molecule is COCCC1(NS(=O)(=O)c2ccccc2)CCN(C(=O)Cc2ccc(OC)cc2)C1. The van der Waals surface area contributed by atoms with Gasteiger partial charge < -0.3 is 14.4 Å². The number of rotatable bonds is 9. The first-order valence-corrected chi connectivity index (χ1v) is 11.3. The summed E-state index contributed by atoms with van der Waals surface area (Å²) in [5.41, 5.74) is 0.139. The number of ether oxygens (including phenoxy) is 2. The first-order chi connectivity index (χ1) is 14.4. The largest absolute Gasteiger partial charge is 0.497 e. The summed E-state index contributed by atoms with van der Waals surface area (Å²) in [6, 6.07) is 15.7. The molecule has 1 N–H and O–H groups in total. The van der Waals surface area contributed by atoms with Crippen LogP contribution in [0, 0.1) is 0 Å². The fraction of sp³-hybridized carbons (Fsp3) is 0.409. The second kappa shape index (κ2) is 9.59. The predicted octanol–water partition coefficient (Wildman–Crippen LogP) is 2.22. The summed E-state index contributed by atoms with van der Waals surface area (Å²) in [6.45, 7) is 1.21. The van der Waals surface area contributed by atoms with E-state index in [2.05, 4.69) is 4.72 Å². The van der Waals surface area contributed by atoms with Gasteiger partial charge in [-0.1, -0.05) is 30.3 Å². The van der Waals surface area contributed by atoms with Gasteiger partial charge in [0.2, 0.25) is 15.9 Å². The van der Waals surface area contributed by atoms with Crippen molar-refractivity contribution in [3.05, 3.63) is 60.2 Å². The summed E-state index contributed by atoms with van der Waals surface area (Å²) in [7, 11) is -0.524. The van der Waals surface area contributed by atoms with Gasteiger partial charge >= 0.3 is 0 Å². The zero-order chi connectivity index (χ0) is 21.6. The molecule has 1 amide bonds. The van der Waals surface area contributed by atoms with Crippen LogP contribution in [0.15, 0.2) is 59.5 Å². The Bertz CT molecular complexity index is 947. The van der Waals surface area contributed by atoms with Crippen LogP contribution >= 0.6 is 0 Å². The lowest BCUT2D eigenvalue weighted by Crippen LogP contribution is -2.51. The Balaban J connectivity index is 1.72. The van der Waals surface area contributed by atoms with E-state index in [0.29, 0.717) is 32.5 Å². The third-order valence-electron chi connectivity index (χ3n) is 5.41. The van der Waals surface area contributed by atoms with Gasteiger partial charge in [0, 0.05) is 26.8 Å². The lowest BCUT2D eigenvalue weighted by molar-refractivity contribution is -0.129. The highest BCUT2D eigenvalue weighted by Crippen LogP contribution is 2.28. The number of carbonyl (C=O) groups is 1. The molecule has 0 spiro atoms. The van der Waals surface area contributed by atoms with Gasteiger partial charge in [0.05, 0.1) is 24.0 Å². The first kappa shape index (κ1) is 22.3. The second-order valence-corrected chi connectivity index (χ2v) is 9.21. The van der Waals surface area contributed by atoms with Gasteiger partial charge in [0.15, 0.2) is 0 Å². The number of methoxy groups -OCH3 is 2. The number of amides is 1. The van der Waals surface area contributed by atoms with Crippen molar-refractivity contribution < 1.29 is 22.7 Å². The molecule has 1 saturated heterocycles. The number of hydrogen-bond donors (Lipinski definition) is 1. The third kappa shape index (κ3) is 5.38. The summed E-state index contributed by atoms with van der Waals surface area (Å²) in [5.74, 6) is 0.708. The van der Waals surface area contributed by atoms with Crippen molar-refractivity contribution in [2.24, 2.45) is 0 Å². The highest BCUT2D eigenvalue weighted by molar-refractivity contribution is 7.89. The molecule has 3 rings (SSSR count). The van der Waals surface area contributed by atoms with Gasteiger partial charge in [-0.05, 0) is 42.7 Å². The lowest BCUT2D eigenvalue weighted by atomic mass is 9.96. The van der Waals surface area contributed by atoms with E-state index < -0.39 is 15.6 Å². The predicted molar refractivity (Wildman–Crippen MR) is 114 cm³/mol. The smallest absolute Gasteiger partial charge is 0.241 e. The summed E-state index contributed by atoms with van der Waals surface area (Å²) in [5, 5.41) is 0. The van der Waals surface area contributed by atoms with Crippen LogP contribution in [0.25, 0.3) is 0 Å². The van der Waals surface area contributed by atoms with Gasteiger partial charge in [0.1, 0.15) is 5.75 Å². The summed E-state index contributed by atoms with van der Waals surface area (Å²) in [6.07, 6.45) is 1.29. The number of likely N-dealkylation sites (tertiary alicyclic amines) is 1. The van der Waals surface area contributed by atoms with Gasteiger partial charge in [-0.3, -0.25) is 4.79 Å². The highest BCUT2D eigenvalue weighted by atomic mass is 32.2.